The molecule has 0 unspecified atom stereocenters. The van der Waals surface area contributed by atoms with Crippen molar-refractivity contribution in [3.63, 3.8) is 0 Å². The summed E-state index contributed by atoms with van der Waals surface area (Å²) in [5, 5.41) is 12.5. The van der Waals surface area contributed by atoms with E-state index < -0.39 is 0 Å². The second kappa shape index (κ2) is 6.72. The molecule has 7 heteroatoms. The molecule has 0 spiro atoms. The average molecular weight is 299 g/mol. The molecule has 4 nitrogen and oxygen atoms in total. The van der Waals surface area contributed by atoms with Crippen molar-refractivity contribution in [1.82, 2.24) is 15.2 Å². The van der Waals surface area contributed by atoms with Gasteiger partial charge in [-0.05, 0) is 11.6 Å². The molecule has 0 aliphatic rings. The maximum atomic E-state index is 5.73. The number of nitrogens with one attached hydrogen (secondary N) is 1. The van der Waals surface area contributed by atoms with Crippen LogP contribution in [0.5, 0.6) is 0 Å². The van der Waals surface area contributed by atoms with E-state index in [2.05, 4.69) is 27.1 Å². The zero-order valence-electron chi connectivity index (χ0n) is 9.47. The van der Waals surface area contributed by atoms with E-state index in [0.29, 0.717) is 11.7 Å². The molecular formula is C11H11ClN4S2. The largest absolute Gasteiger partial charge is 0.357 e. The van der Waals surface area contributed by atoms with E-state index in [1.807, 2.05) is 6.07 Å². The van der Waals surface area contributed by atoms with E-state index in [-0.39, 0.29) is 0 Å². The van der Waals surface area contributed by atoms with E-state index in [1.54, 1.807) is 30.1 Å². The molecule has 0 aliphatic carbocycles. The van der Waals surface area contributed by atoms with Crippen molar-refractivity contribution >= 4 is 39.8 Å². The van der Waals surface area contributed by atoms with Crippen molar-refractivity contribution in [3.05, 3.63) is 41.7 Å². The fourth-order valence-electron chi connectivity index (χ4n) is 1.14. The monoisotopic (exact) mass is 298 g/mol. The summed E-state index contributed by atoms with van der Waals surface area (Å²) in [6.45, 7) is 4.33. The molecule has 0 fully saturated rings. The minimum absolute atomic E-state index is 0.510. The highest BCUT2D eigenvalue weighted by molar-refractivity contribution is 8.00. The third kappa shape index (κ3) is 3.97. The molecular weight excluding hydrogens is 288 g/mol. The number of nitrogens with zero attached hydrogens (tertiary/aromatic N) is 3. The van der Waals surface area contributed by atoms with Gasteiger partial charge in [-0.25, -0.2) is 4.98 Å². The Kier molecular flexibility index (Phi) is 4.98. The number of rotatable bonds is 6. The molecule has 2 aromatic rings. The first kappa shape index (κ1) is 13.3. The number of thioether (sulfide) groups is 1. The molecule has 0 amide bonds. The molecule has 0 aromatic carbocycles. The van der Waals surface area contributed by atoms with Crippen molar-refractivity contribution in [3.8, 4) is 0 Å². The molecule has 2 rings (SSSR count). The average Bonchev–Trinajstić information content (AvgIpc) is 2.84. The Hall–Kier alpha value is -1.11. The lowest BCUT2D eigenvalue weighted by atomic mass is 10.3. The number of halogens is 1. The molecule has 2 heterocycles. The van der Waals surface area contributed by atoms with E-state index >= 15 is 0 Å². The molecule has 0 bridgehead atoms. The number of anilines is 1. The van der Waals surface area contributed by atoms with Crippen molar-refractivity contribution in [2.24, 2.45) is 0 Å². The van der Waals surface area contributed by atoms with Crippen LogP contribution in [0.4, 0.5) is 5.13 Å². The van der Waals surface area contributed by atoms with Crippen molar-refractivity contribution in [2.45, 2.75) is 10.1 Å². The van der Waals surface area contributed by atoms with Crippen molar-refractivity contribution in [2.75, 3.05) is 11.9 Å². The Morgan fingerprint density at radius 1 is 1.44 bits per heavy atom. The van der Waals surface area contributed by atoms with Gasteiger partial charge in [0.05, 0.1) is 0 Å². The highest BCUT2D eigenvalue weighted by Gasteiger charge is 2.04. The minimum atomic E-state index is 0.510. The summed E-state index contributed by atoms with van der Waals surface area (Å²) in [5.74, 6) is 0.806. The maximum absolute atomic E-state index is 5.73. The van der Waals surface area contributed by atoms with Gasteiger partial charge < -0.3 is 5.32 Å². The third-order valence-corrected chi connectivity index (χ3v) is 4.26. The first-order chi connectivity index (χ1) is 8.78. The van der Waals surface area contributed by atoms with Gasteiger partial charge in [0.25, 0.3) is 0 Å². The van der Waals surface area contributed by atoms with Gasteiger partial charge in [0.15, 0.2) is 4.34 Å². The topological polar surface area (TPSA) is 50.7 Å². The number of hydrogen-bond acceptors (Lipinski definition) is 6. The zero-order chi connectivity index (χ0) is 12.8. The van der Waals surface area contributed by atoms with Gasteiger partial charge in [0, 0.05) is 18.5 Å². The Bertz CT molecular complexity index is 512. The summed E-state index contributed by atoms with van der Waals surface area (Å²) < 4.78 is 0.927. The van der Waals surface area contributed by atoms with Crippen LogP contribution < -0.4 is 5.32 Å². The van der Waals surface area contributed by atoms with E-state index in [9.17, 15) is 0 Å². The molecule has 1 N–H and O–H groups in total. The molecule has 2 aromatic heterocycles. The maximum Gasteiger partial charge on any atom is 0.206 e. The predicted molar refractivity (Wildman–Crippen MR) is 77.4 cm³/mol. The first-order valence-electron chi connectivity index (χ1n) is 5.19. The lowest BCUT2D eigenvalue weighted by Gasteiger charge is -1.97. The standard InChI is InChI=1S/C11H11ClN4S2/c1-2-5-13-10-15-16-11(18-10)17-7-8-3-4-9(12)14-6-8/h2-4,6H,1,5,7H2,(H,13,15). The van der Waals surface area contributed by atoms with Crippen LogP contribution in [0.25, 0.3) is 0 Å². The minimum Gasteiger partial charge on any atom is -0.357 e. The molecule has 0 saturated heterocycles. The van der Waals surface area contributed by atoms with Gasteiger partial charge in [-0.3, -0.25) is 0 Å². The molecule has 94 valence electrons. The summed E-state index contributed by atoms with van der Waals surface area (Å²) in [4.78, 5) is 4.03. The van der Waals surface area contributed by atoms with Gasteiger partial charge in [0.1, 0.15) is 5.15 Å². The number of pyridine rings is 1. The van der Waals surface area contributed by atoms with Crippen LogP contribution in [0.1, 0.15) is 5.56 Å². The van der Waals surface area contributed by atoms with Gasteiger partial charge >= 0.3 is 0 Å². The van der Waals surface area contributed by atoms with Crippen LogP contribution in [0.3, 0.4) is 0 Å². The van der Waals surface area contributed by atoms with E-state index in [1.165, 1.54) is 11.3 Å². The van der Waals surface area contributed by atoms with Crippen LogP contribution in [-0.4, -0.2) is 21.7 Å². The molecule has 0 aliphatic heterocycles. The highest BCUT2D eigenvalue weighted by atomic mass is 35.5. The lowest BCUT2D eigenvalue weighted by Crippen LogP contribution is -1.96. The molecule has 0 atom stereocenters. The van der Waals surface area contributed by atoms with Crippen molar-refractivity contribution < 1.29 is 0 Å². The number of aromatic nitrogens is 3. The fraction of sp³-hybridized carbons (Fsp3) is 0.182. The van der Waals surface area contributed by atoms with Crippen molar-refractivity contribution in [1.29, 1.82) is 0 Å². The predicted octanol–water partition coefficient (Wildman–Crippen LogP) is 3.48. The molecule has 0 radical (unpaired) electrons. The summed E-state index contributed by atoms with van der Waals surface area (Å²) in [6, 6.07) is 3.74. The van der Waals surface area contributed by atoms with Gasteiger partial charge in [-0.2, -0.15) is 0 Å². The van der Waals surface area contributed by atoms with Gasteiger partial charge in [0.2, 0.25) is 5.13 Å². The summed E-state index contributed by atoms with van der Waals surface area (Å²) in [6.07, 6.45) is 3.56. The Balaban J connectivity index is 1.87. The highest BCUT2D eigenvalue weighted by Crippen LogP contribution is 2.28. The lowest BCUT2D eigenvalue weighted by molar-refractivity contribution is 1.01. The van der Waals surface area contributed by atoms with Gasteiger partial charge in [-0.1, -0.05) is 46.8 Å². The quantitative estimate of drug-likeness (QED) is 0.503. The Labute approximate surface area is 119 Å². The first-order valence-corrected chi connectivity index (χ1v) is 7.37. The van der Waals surface area contributed by atoms with Crippen LogP contribution >= 0.6 is 34.7 Å². The van der Waals surface area contributed by atoms with E-state index in [0.717, 1.165) is 20.8 Å². The van der Waals surface area contributed by atoms with E-state index in [4.69, 9.17) is 11.6 Å². The van der Waals surface area contributed by atoms with Crippen LogP contribution in [0, 0.1) is 0 Å². The van der Waals surface area contributed by atoms with Crippen LogP contribution in [0.2, 0.25) is 5.15 Å². The summed E-state index contributed by atoms with van der Waals surface area (Å²) >= 11 is 8.89. The summed E-state index contributed by atoms with van der Waals surface area (Å²) in [7, 11) is 0. The third-order valence-electron chi connectivity index (χ3n) is 1.96. The SMILES string of the molecule is C=CCNc1nnc(SCc2ccc(Cl)nc2)s1. The van der Waals surface area contributed by atoms with Crippen LogP contribution in [0.15, 0.2) is 35.3 Å². The molecule has 0 saturated carbocycles. The smallest absolute Gasteiger partial charge is 0.206 e. The summed E-state index contributed by atoms with van der Waals surface area (Å²) in [5.41, 5.74) is 1.11. The fourth-order valence-corrected chi connectivity index (χ4v) is 2.94. The normalized spacial score (nSPS) is 10.3. The Morgan fingerprint density at radius 3 is 3.06 bits per heavy atom. The van der Waals surface area contributed by atoms with Gasteiger partial charge in [-0.15, -0.1) is 16.8 Å². The number of hydrogen-bond donors (Lipinski definition) is 1. The molecule has 18 heavy (non-hydrogen) atoms. The Morgan fingerprint density at radius 2 is 2.33 bits per heavy atom. The second-order valence-electron chi connectivity index (χ2n) is 3.32. The van der Waals surface area contributed by atoms with Crippen LogP contribution in [-0.2, 0) is 5.75 Å². The second-order valence-corrected chi connectivity index (χ2v) is 5.91. The zero-order valence-corrected chi connectivity index (χ0v) is 11.9.